The summed E-state index contributed by atoms with van der Waals surface area (Å²) in [7, 11) is 0. The first-order valence-electron chi connectivity index (χ1n) is 9.25. The van der Waals surface area contributed by atoms with Crippen LogP contribution in [0.2, 0.25) is 0 Å². The third-order valence-electron chi connectivity index (χ3n) is 6.47. The fraction of sp³-hybridized carbons (Fsp3) is 1.00. The number of hydrogen-bond donors (Lipinski definition) is 1. The topological polar surface area (TPSA) is 38.7 Å². The zero-order valence-corrected chi connectivity index (χ0v) is 14.2. The molecule has 1 saturated heterocycles. The maximum atomic E-state index is 14.8. The molecule has 0 amide bonds. The molecule has 0 aromatic carbocycles. The number of rotatable bonds is 3. The standard InChI is InChI=1S/C18H30F2O3/c1-10-3-6-12(7-4-10)17(23-21)14-9-13-8-5-11(2)22-18(13)16(20)15(14)19/h10-18,21H,3-9H2,1-2H3. The normalized spacial score (nSPS) is 49.4. The van der Waals surface area contributed by atoms with E-state index in [0.717, 1.165) is 38.5 Å². The largest absolute Gasteiger partial charge is 0.372 e. The molecule has 134 valence electrons. The van der Waals surface area contributed by atoms with E-state index in [0.29, 0.717) is 12.3 Å². The van der Waals surface area contributed by atoms with Crippen molar-refractivity contribution in [1.29, 1.82) is 0 Å². The molecule has 0 radical (unpaired) electrons. The maximum absolute atomic E-state index is 14.8. The first kappa shape index (κ1) is 17.6. The molecule has 7 unspecified atom stereocenters. The van der Waals surface area contributed by atoms with E-state index in [4.69, 9.17) is 9.62 Å². The van der Waals surface area contributed by atoms with Crippen molar-refractivity contribution in [2.45, 2.75) is 89.4 Å². The van der Waals surface area contributed by atoms with Gasteiger partial charge in [0.1, 0.15) is 12.3 Å². The van der Waals surface area contributed by atoms with Crippen LogP contribution < -0.4 is 0 Å². The molecule has 0 aromatic rings. The first-order valence-corrected chi connectivity index (χ1v) is 9.25. The molecule has 0 aromatic heterocycles. The Balaban J connectivity index is 1.70. The third-order valence-corrected chi connectivity index (χ3v) is 6.47. The Hall–Kier alpha value is -0.260. The Bertz CT molecular complexity index is 382. The van der Waals surface area contributed by atoms with Crippen LogP contribution in [0.1, 0.15) is 58.8 Å². The second-order valence-electron chi connectivity index (χ2n) is 8.13. The van der Waals surface area contributed by atoms with Gasteiger partial charge in [0.2, 0.25) is 0 Å². The molecule has 5 heteroatoms. The van der Waals surface area contributed by atoms with Crippen LogP contribution in [0.25, 0.3) is 0 Å². The number of hydrogen-bond acceptors (Lipinski definition) is 3. The molecule has 3 aliphatic rings. The van der Waals surface area contributed by atoms with E-state index in [1.807, 2.05) is 6.92 Å². The Labute approximate surface area is 137 Å². The van der Waals surface area contributed by atoms with E-state index >= 15 is 0 Å². The molecule has 1 heterocycles. The van der Waals surface area contributed by atoms with Gasteiger partial charge in [-0.05, 0) is 56.8 Å². The lowest BCUT2D eigenvalue weighted by atomic mass is 9.67. The molecule has 1 aliphatic heterocycles. The summed E-state index contributed by atoms with van der Waals surface area (Å²) in [5, 5.41) is 9.42. The van der Waals surface area contributed by atoms with Crippen LogP contribution in [0, 0.1) is 23.7 Å². The molecule has 3 nitrogen and oxygen atoms in total. The lowest BCUT2D eigenvalue weighted by molar-refractivity contribution is -0.316. The Morgan fingerprint density at radius 2 is 1.70 bits per heavy atom. The van der Waals surface area contributed by atoms with Gasteiger partial charge >= 0.3 is 0 Å². The lowest BCUT2D eigenvalue weighted by Gasteiger charge is -2.47. The molecular formula is C18H30F2O3. The summed E-state index contributed by atoms with van der Waals surface area (Å²) < 4.78 is 35.1. The Morgan fingerprint density at radius 1 is 1.00 bits per heavy atom. The van der Waals surface area contributed by atoms with Crippen molar-refractivity contribution >= 4 is 0 Å². The van der Waals surface area contributed by atoms with Crippen LogP contribution in [0.5, 0.6) is 0 Å². The number of halogens is 2. The van der Waals surface area contributed by atoms with Gasteiger partial charge in [0, 0.05) is 5.92 Å². The average Bonchev–Trinajstić information content (AvgIpc) is 2.55. The van der Waals surface area contributed by atoms with Crippen molar-refractivity contribution in [3.05, 3.63) is 0 Å². The van der Waals surface area contributed by atoms with Crippen molar-refractivity contribution < 1.29 is 23.7 Å². The van der Waals surface area contributed by atoms with Crippen LogP contribution in [0.4, 0.5) is 8.78 Å². The molecule has 3 fully saturated rings. The van der Waals surface area contributed by atoms with Crippen LogP contribution in [0.3, 0.4) is 0 Å². The van der Waals surface area contributed by atoms with Gasteiger partial charge in [-0.1, -0.05) is 19.8 Å². The van der Waals surface area contributed by atoms with Crippen molar-refractivity contribution in [1.82, 2.24) is 0 Å². The fourth-order valence-corrected chi connectivity index (χ4v) is 4.99. The van der Waals surface area contributed by atoms with Crippen LogP contribution in [0.15, 0.2) is 0 Å². The van der Waals surface area contributed by atoms with Crippen LogP contribution >= 0.6 is 0 Å². The van der Waals surface area contributed by atoms with E-state index in [1.165, 1.54) is 0 Å². The summed E-state index contributed by atoms with van der Waals surface area (Å²) in [6.07, 6.45) is 1.87. The predicted molar refractivity (Wildman–Crippen MR) is 83.6 cm³/mol. The minimum absolute atomic E-state index is 0.00275. The highest BCUT2D eigenvalue weighted by Gasteiger charge is 2.52. The highest BCUT2D eigenvalue weighted by molar-refractivity contribution is 4.99. The number of ether oxygens (including phenoxy) is 1. The molecule has 23 heavy (non-hydrogen) atoms. The van der Waals surface area contributed by atoms with E-state index < -0.39 is 30.5 Å². The molecule has 2 saturated carbocycles. The SMILES string of the molecule is CC1CCC(C(OO)C2CC3CCC(C)OC3C(F)C2F)CC1. The van der Waals surface area contributed by atoms with Crippen molar-refractivity contribution in [3.8, 4) is 0 Å². The highest BCUT2D eigenvalue weighted by atomic mass is 19.2. The van der Waals surface area contributed by atoms with E-state index in [2.05, 4.69) is 6.92 Å². The second kappa shape index (κ2) is 7.32. The zero-order valence-electron chi connectivity index (χ0n) is 14.2. The Kier molecular flexibility index (Phi) is 5.59. The summed E-state index contributed by atoms with van der Waals surface area (Å²) in [4.78, 5) is 4.74. The fourth-order valence-electron chi connectivity index (χ4n) is 4.99. The van der Waals surface area contributed by atoms with Gasteiger partial charge < -0.3 is 4.74 Å². The van der Waals surface area contributed by atoms with E-state index in [1.54, 1.807) is 0 Å². The third kappa shape index (κ3) is 3.57. The van der Waals surface area contributed by atoms with Gasteiger partial charge in [-0.2, -0.15) is 0 Å². The van der Waals surface area contributed by atoms with Gasteiger partial charge in [-0.15, -0.1) is 0 Å². The highest BCUT2D eigenvalue weighted by Crippen LogP contribution is 2.46. The molecule has 0 spiro atoms. The van der Waals surface area contributed by atoms with Gasteiger partial charge in [-0.25, -0.2) is 13.7 Å². The zero-order chi connectivity index (χ0) is 16.6. The van der Waals surface area contributed by atoms with Crippen molar-refractivity contribution in [2.75, 3.05) is 0 Å². The minimum Gasteiger partial charge on any atom is -0.372 e. The summed E-state index contributed by atoms with van der Waals surface area (Å²) >= 11 is 0. The smallest absolute Gasteiger partial charge is 0.158 e. The van der Waals surface area contributed by atoms with Crippen LogP contribution in [-0.4, -0.2) is 35.9 Å². The lowest BCUT2D eigenvalue weighted by Crippen LogP contribution is -2.55. The first-order chi connectivity index (χ1) is 11.0. The minimum atomic E-state index is -1.61. The molecule has 7 atom stereocenters. The van der Waals surface area contributed by atoms with E-state index in [9.17, 15) is 14.0 Å². The Morgan fingerprint density at radius 3 is 2.35 bits per heavy atom. The summed E-state index contributed by atoms with van der Waals surface area (Å²) in [6, 6.07) is 0. The predicted octanol–water partition coefficient (Wildman–Crippen LogP) is 4.55. The van der Waals surface area contributed by atoms with Gasteiger partial charge in [0.15, 0.2) is 6.17 Å². The quantitative estimate of drug-likeness (QED) is 0.609. The second-order valence-corrected chi connectivity index (χ2v) is 8.13. The molecule has 0 bridgehead atoms. The van der Waals surface area contributed by atoms with Gasteiger partial charge in [-0.3, -0.25) is 5.26 Å². The molecular weight excluding hydrogens is 302 g/mol. The monoisotopic (exact) mass is 332 g/mol. The maximum Gasteiger partial charge on any atom is 0.158 e. The van der Waals surface area contributed by atoms with Crippen LogP contribution in [-0.2, 0) is 9.62 Å². The average molecular weight is 332 g/mol. The number of alkyl halides is 2. The summed E-state index contributed by atoms with van der Waals surface area (Å²) in [6.45, 7) is 4.14. The molecule has 2 aliphatic carbocycles. The molecule has 3 rings (SSSR count). The van der Waals surface area contributed by atoms with Gasteiger partial charge in [0.25, 0.3) is 0 Å². The summed E-state index contributed by atoms with van der Waals surface area (Å²) in [5.74, 6) is 0.279. The van der Waals surface area contributed by atoms with Crippen molar-refractivity contribution in [2.24, 2.45) is 23.7 Å². The summed E-state index contributed by atoms with van der Waals surface area (Å²) in [5.41, 5.74) is 0. The number of fused-ring (bicyclic) bond motifs is 1. The molecule has 1 N–H and O–H groups in total. The van der Waals surface area contributed by atoms with Crippen molar-refractivity contribution in [3.63, 3.8) is 0 Å². The van der Waals surface area contributed by atoms with Gasteiger partial charge in [0.05, 0.1) is 12.2 Å². The van der Waals surface area contributed by atoms with E-state index in [-0.39, 0.29) is 17.9 Å².